The topological polar surface area (TPSA) is 73.7 Å². The molecule has 1 N–H and O–H groups in total. The highest BCUT2D eigenvalue weighted by Gasteiger charge is 2.48. The average Bonchev–Trinajstić information content (AvgIpc) is 3.46. The van der Waals surface area contributed by atoms with Gasteiger partial charge in [0.1, 0.15) is 5.76 Å². The van der Waals surface area contributed by atoms with Crippen molar-refractivity contribution in [3.63, 3.8) is 0 Å². The van der Waals surface area contributed by atoms with E-state index in [2.05, 4.69) is 4.98 Å². The van der Waals surface area contributed by atoms with Crippen LogP contribution in [0.5, 0.6) is 0 Å². The molecule has 37 heavy (non-hydrogen) atoms. The minimum atomic E-state index is -0.816. The van der Waals surface area contributed by atoms with Crippen LogP contribution in [-0.2, 0) is 9.59 Å². The normalized spacial score (nSPS) is 17.1. The summed E-state index contributed by atoms with van der Waals surface area (Å²) in [5.74, 6) is -1.64. The number of anilines is 2. The molecular weight excluding hydrogens is 482 g/mol. The highest BCUT2D eigenvalue weighted by Crippen LogP contribution is 2.44. The van der Waals surface area contributed by atoms with Gasteiger partial charge in [-0.3, -0.25) is 14.5 Å². The minimum absolute atomic E-state index is 0.0529. The number of carbonyl (C=O) groups is 2. The van der Waals surface area contributed by atoms with Crippen molar-refractivity contribution in [2.24, 2.45) is 0 Å². The molecule has 1 atom stereocenters. The van der Waals surface area contributed by atoms with Crippen LogP contribution in [0.15, 0.2) is 96.6 Å². The quantitative estimate of drug-likeness (QED) is 0.180. The first kappa shape index (κ1) is 22.9. The van der Waals surface area contributed by atoms with Gasteiger partial charge in [0.05, 0.1) is 21.8 Å². The number of thiazole rings is 1. The van der Waals surface area contributed by atoms with Crippen LogP contribution < -0.4 is 9.80 Å². The Hall–Kier alpha value is -4.49. The van der Waals surface area contributed by atoms with E-state index in [9.17, 15) is 14.7 Å². The molecule has 2 heterocycles. The fourth-order valence-electron chi connectivity index (χ4n) is 4.76. The molecule has 6 nitrogen and oxygen atoms in total. The van der Waals surface area contributed by atoms with Gasteiger partial charge in [-0.25, -0.2) is 4.98 Å². The van der Waals surface area contributed by atoms with Gasteiger partial charge in [-0.2, -0.15) is 0 Å². The summed E-state index contributed by atoms with van der Waals surface area (Å²) in [7, 11) is 3.89. The van der Waals surface area contributed by atoms with E-state index in [1.165, 1.54) is 16.2 Å². The molecule has 6 rings (SSSR count). The predicted octanol–water partition coefficient (Wildman–Crippen LogP) is 6.14. The van der Waals surface area contributed by atoms with Crippen LogP contribution in [-0.4, -0.2) is 35.9 Å². The number of hydrogen-bond donors (Lipinski definition) is 1. The fraction of sp³-hybridized carbons (Fsp3) is 0.100. The molecule has 0 aliphatic carbocycles. The Morgan fingerprint density at radius 3 is 2.32 bits per heavy atom. The first-order valence-electron chi connectivity index (χ1n) is 11.9. The van der Waals surface area contributed by atoms with E-state index < -0.39 is 17.7 Å². The molecule has 1 aromatic heterocycles. The number of rotatable bonds is 4. The largest absolute Gasteiger partial charge is 0.507 e. The number of para-hydroxylation sites is 1. The summed E-state index contributed by atoms with van der Waals surface area (Å²) < 4.78 is 0.913. The summed E-state index contributed by atoms with van der Waals surface area (Å²) in [6.07, 6.45) is 0. The van der Waals surface area contributed by atoms with Crippen molar-refractivity contribution >= 4 is 60.6 Å². The van der Waals surface area contributed by atoms with E-state index in [1.54, 1.807) is 6.07 Å². The SMILES string of the molecule is CN(C)c1ccc(C2/C(=C(\O)c3ccc4ccccc4c3)C(=O)C(=O)N2c2nc3ccccc3s2)cc1. The lowest BCUT2D eigenvalue weighted by Crippen LogP contribution is -2.29. The standard InChI is InChI=1S/C30H23N3O3S/c1-32(2)22-15-13-19(14-16-22)26-25(27(34)21-12-11-18-7-3-4-8-20(18)17-21)28(35)29(36)33(26)30-31-23-9-5-6-10-24(23)37-30/h3-17,26,34H,1-2H3/b27-25+. The smallest absolute Gasteiger partial charge is 0.301 e. The van der Waals surface area contributed by atoms with E-state index in [-0.39, 0.29) is 11.3 Å². The number of aromatic nitrogens is 1. The molecule has 0 saturated carbocycles. The van der Waals surface area contributed by atoms with Gasteiger partial charge >= 0.3 is 5.91 Å². The zero-order valence-electron chi connectivity index (χ0n) is 20.3. The van der Waals surface area contributed by atoms with Gasteiger partial charge in [-0.1, -0.05) is 72.0 Å². The maximum Gasteiger partial charge on any atom is 0.301 e. The first-order chi connectivity index (χ1) is 17.9. The lowest BCUT2D eigenvalue weighted by molar-refractivity contribution is -0.132. The molecule has 0 bridgehead atoms. The number of hydrogen-bond acceptors (Lipinski definition) is 6. The Bertz CT molecular complexity index is 1690. The lowest BCUT2D eigenvalue weighted by atomic mass is 9.94. The molecule has 7 heteroatoms. The highest BCUT2D eigenvalue weighted by molar-refractivity contribution is 7.22. The van der Waals surface area contributed by atoms with Gasteiger partial charge in [0.25, 0.3) is 5.78 Å². The lowest BCUT2D eigenvalue weighted by Gasteiger charge is -2.23. The van der Waals surface area contributed by atoms with Crippen molar-refractivity contribution in [1.82, 2.24) is 4.98 Å². The molecule has 0 radical (unpaired) electrons. The number of aliphatic hydroxyl groups excluding tert-OH is 1. The summed E-state index contributed by atoms with van der Waals surface area (Å²) in [5, 5.41) is 13.9. The van der Waals surface area contributed by atoms with Crippen LogP contribution >= 0.6 is 11.3 Å². The fourth-order valence-corrected chi connectivity index (χ4v) is 5.75. The Morgan fingerprint density at radius 1 is 0.892 bits per heavy atom. The zero-order chi connectivity index (χ0) is 25.7. The molecule has 5 aromatic rings. The molecule has 4 aromatic carbocycles. The van der Waals surface area contributed by atoms with Crippen LogP contribution in [0.4, 0.5) is 10.8 Å². The summed E-state index contributed by atoms with van der Waals surface area (Å²) in [4.78, 5) is 35.1. The number of aliphatic hydroxyl groups is 1. The number of carbonyl (C=O) groups excluding carboxylic acids is 2. The van der Waals surface area contributed by atoms with Crippen molar-refractivity contribution in [3.05, 3.63) is 108 Å². The highest BCUT2D eigenvalue weighted by atomic mass is 32.1. The van der Waals surface area contributed by atoms with Gasteiger partial charge in [-0.15, -0.1) is 0 Å². The second-order valence-corrected chi connectivity index (χ2v) is 10.2. The van der Waals surface area contributed by atoms with Gasteiger partial charge < -0.3 is 10.0 Å². The number of benzene rings is 4. The van der Waals surface area contributed by atoms with Gasteiger partial charge in [0, 0.05) is 25.3 Å². The molecule has 182 valence electrons. The Labute approximate surface area is 217 Å². The summed E-state index contributed by atoms with van der Waals surface area (Å²) in [6.45, 7) is 0. The second kappa shape index (κ2) is 8.87. The van der Waals surface area contributed by atoms with E-state index >= 15 is 0 Å². The second-order valence-electron chi connectivity index (χ2n) is 9.18. The summed E-state index contributed by atoms with van der Waals surface area (Å²) in [5.41, 5.74) is 2.98. The third-order valence-corrected chi connectivity index (χ3v) is 7.72. The number of amides is 1. The van der Waals surface area contributed by atoms with Crippen molar-refractivity contribution in [3.8, 4) is 0 Å². The summed E-state index contributed by atoms with van der Waals surface area (Å²) >= 11 is 1.35. The third kappa shape index (κ3) is 3.84. The van der Waals surface area contributed by atoms with Crippen LogP contribution in [0.25, 0.3) is 26.7 Å². The van der Waals surface area contributed by atoms with Crippen molar-refractivity contribution < 1.29 is 14.7 Å². The monoisotopic (exact) mass is 505 g/mol. The molecular formula is C30H23N3O3S. The van der Waals surface area contributed by atoms with Gasteiger partial charge in [0.15, 0.2) is 5.13 Å². The van der Waals surface area contributed by atoms with Gasteiger partial charge in [-0.05, 0) is 46.7 Å². The predicted molar refractivity (Wildman–Crippen MR) is 149 cm³/mol. The van der Waals surface area contributed by atoms with Crippen LogP contribution in [0.1, 0.15) is 17.2 Å². The molecule has 0 spiro atoms. The maximum atomic E-state index is 13.5. The number of ketones is 1. The average molecular weight is 506 g/mol. The Balaban J connectivity index is 1.56. The van der Waals surface area contributed by atoms with E-state index in [0.29, 0.717) is 16.3 Å². The number of nitrogens with zero attached hydrogens (tertiary/aromatic N) is 3. The molecule has 1 aliphatic rings. The van der Waals surface area contributed by atoms with Crippen molar-refractivity contribution in [2.45, 2.75) is 6.04 Å². The van der Waals surface area contributed by atoms with Crippen LogP contribution in [0.3, 0.4) is 0 Å². The van der Waals surface area contributed by atoms with E-state index in [1.807, 2.05) is 104 Å². The molecule has 1 amide bonds. The Morgan fingerprint density at radius 2 is 1.59 bits per heavy atom. The van der Waals surface area contributed by atoms with Crippen molar-refractivity contribution in [1.29, 1.82) is 0 Å². The third-order valence-electron chi connectivity index (χ3n) is 6.68. The maximum absolute atomic E-state index is 13.5. The molecule has 1 fully saturated rings. The first-order valence-corrected chi connectivity index (χ1v) is 12.7. The number of Topliss-reactive ketones (excluding diaryl/α,β-unsaturated/α-hetero) is 1. The van der Waals surface area contributed by atoms with Gasteiger partial charge in [0.2, 0.25) is 0 Å². The summed E-state index contributed by atoms with van der Waals surface area (Å²) in [6, 6.07) is 27.7. The minimum Gasteiger partial charge on any atom is -0.507 e. The zero-order valence-corrected chi connectivity index (χ0v) is 21.1. The molecule has 1 saturated heterocycles. The molecule has 1 aliphatic heterocycles. The van der Waals surface area contributed by atoms with E-state index in [4.69, 9.17) is 0 Å². The van der Waals surface area contributed by atoms with Crippen LogP contribution in [0.2, 0.25) is 0 Å². The van der Waals surface area contributed by atoms with E-state index in [0.717, 1.165) is 26.7 Å². The number of fused-ring (bicyclic) bond motifs is 2. The molecule has 1 unspecified atom stereocenters. The van der Waals surface area contributed by atoms with Crippen molar-refractivity contribution in [2.75, 3.05) is 23.9 Å². The Kier molecular flexibility index (Phi) is 5.50. The van der Waals surface area contributed by atoms with Crippen LogP contribution in [0, 0.1) is 0 Å².